The zero-order valence-electron chi connectivity index (χ0n) is 11.3. The number of benzene rings is 1. The molecule has 2 rings (SSSR count). The maximum Gasteiger partial charge on any atom is 0.0802 e. The van der Waals surface area contributed by atoms with E-state index in [0.717, 1.165) is 25.2 Å². The van der Waals surface area contributed by atoms with Crippen LogP contribution in [-0.2, 0) is 6.54 Å². The molecule has 1 aromatic carbocycles. The lowest BCUT2D eigenvalue weighted by atomic mass is 10.0. The van der Waals surface area contributed by atoms with Crippen molar-refractivity contribution in [2.45, 2.75) is 32.9 Å². The summed E-state index contributed by atoms with van der Waals surface area (Å²) in [4.78, 5) is 0. The van der Waals surface area contributed by atoms with Gasteiger partial charge in [-0.3, -0.25) is 0 Å². The third-order valence-electron chi connectivity index (χ3n) is 3.00. The summed E-state index contributed by atoms with van der Waals surface area (Å²) in [6.45, 7) is 6.09. The van der Waals surface area contributed by atoms with Crippen LogP contribution in [-0.4, -0.2) is 21.5 Å². The van der Waals surface area contributed by atoms with Crippen molar-refractivity contribution < 1.29 is 0 Å². The van der Waals surface area contributed by atoms with Crippen molar-refractivity contribution in [3.05, 3.63) is 45.3 Å². The van der Waals surface area contributed by atoms with Crippen LogP contribution in [0.4, 0.5) is 0 Å². The van der Waals surface area contributed by atoms with Crippen molar-refractivity contribution in [2.24, 2.45) is 0 Å². The molecule has 2 aromatic rings. The lowest BCUT2D eigenvalue weighted by Crippen LogP contribution is -2.25. The molecule has 0 amide bonds. The third kappa shape index (κ3) is 3.33. The lowest BCUT2D eigenvalue weighted by Gasteiger charge is -2.20. The van der Waals surface area contributed by atoms with Gasteiger partial charge in [-0.1, -0.05) is 37.3 Å². The van der Waals surface area contributed by atoms with Gasteiger partial charge in [0, 0.05) is 10.1 Å². The van der Waals surface area contributed by atoms with Gasteiger partial charge in [-0.25, -0.2) is 4.68 Å². The summed E-state index contributed by atoms with van der Waals surface area (Å²) in [6.07, 6.45) is 2.92. The monoisotopic (exact) mass is 370 g/mol. The van der Waals surface area contributed by atoms with Gasteiger partial charge in [0.15, 0.2) is 0 Å². The fourth-order valence-electron chi connectivity index (χ4n) is 2.16. The molecule has 0 bridgehead atoms. The average molecular weight is 370 g/mol. The van der Waals surface area contributed by atoms with Gasteiger partial charge >= 0.3 is 0 Å². The highest BCUT2D eigenvalue weighted by molar-refractivity contribution is 14.1. The van der Waals surface area contributed by atoms with E-state index >= 15 is 0 Å². The molecule has 1 atom stereocenters. The first-order valence-corrected chi connectivity index (χ1v) is 7.72. The maximum atomic E-state index is 4.19. The van der Waals surface area contributed by atoms with E-state index < -0.39 is 0 Å². The number of hydrogen-bond acceptors (Lipinski definition) is 3. The Balaban J connectivity index is 2.40. The van der Waals surface area contributed by atoms with Gasteiger partial charge in [-0.05, 0) is 47.2 Å². The van der Waals surface area contributed by atoms with Crippen molar-refractivity contribution in [2.75, 3.05) is 6.54 Å². The van der Waals surface area contributed by atoms with Crippen LogP contribution in [0.25, 0.3) is 0 Å². The number of hydrogen-bond donors (Lipinski definition) is 1. The minimum atomic E-state index is 0.152. The smallest absolute Gasteiger partial charge is 0.0802 e. The first kappa shape index (κ1) is 14.5. The van der Waals surface area contributed by atoms with E-state index in [0.29, 0.717) is 0 Å². The van der Waals surface area contributed by atoms with E-state index in [9.17, 15) is 0 Å². The molecule has 19 heavy (non-hydrogen) atoms. The molecule has 1 aromatic heterocycles. The SMILES string of the molecule is CCCn1nncc1C(NCC)c1ccccc1I. The lowest BCUT2D eigenvalue weighted by molar-refractivity contribution is 0.511. The molecule has 1 N–H and O–H groups in total. The molecule has 4 nitrogen and oxygen atoms in total. The van der Waals surface area contributed by atoms with Gasteiger partial charge in [0.25, 0.3) is 0 Å². The second-order valence-electron chi connectivity index (χ2n) is 4.39. The number of halogens is 1. The Bertz CT molecular complexity index is 524. The first-order valence-electron chi connectivity index (χ1n) is 6.64. The molecule has 102 valence electrons. The maximum absolute atomic E-state index is 4.19. The molecule has 0 spiro atoms. The summed E-state index contributed by atoms with van der Waals surface area (Å²) in [5, 5.41) is 11.8. The molecule has 0 radical (unpaired) electrons. The second-order valence-corrected chi connectivity index (χ2v) is 5.56. The standard InChI is InChI=1S/C14H19IN4/c1-3-9-19-13(10-17-18-19)14(16-4-2)11-7-5-6-8-12(11)15/h5-8,10,14,16H,3-4,9H2,1-2H3. The van der Waals surface area contributed by atoms with Gasteiger partial charge in [0.1, 0.15) is 0 Å². The van der Waals surface area contributed by atoms with Crippen molar-refractivity contribution in [3.8, 4) is 0 Å². The summed E-state index contributed by atoms with van der Waals surface area (Å²) < 4.78 is 3.26. The van der Waals surface area contributed by atoms with Gasteiger partial charge in [-0.15, -0.1) is 5.10 Å². The zero-order valence-corrected chi connectivity index (χ0v) is 13.5. The molecule has 0 fully saturated rings. The fourth-order valence-corrected chi connectivity index (χ4v) is 2.86. The Morgan fingerprint density at radius 3 is 2.79 bits per heavy atom. The highest BCUT2D eigenvalue weighted by Crippen LogP contribution is 2.25. The Morgan fingerprint density at radius 2 is 2.11 bits per heavy atom. The van der Waals surface area contributed by atoms with Gasteiger partial charge in [0.05, 0.1) is 17.9 Å². The molecule has 0 saturated carbocycles. The van der Waals surface area contributed by atoms with Crippen LogP contribution in [0.2, 0.25) is 0 Å². The number of rotatable bonds is 6. The van der Waals surface area contributed by atoms with Crippen molar-refractivity contribution in [3.63, 3.8) is 0 Å². The highest BCUT2D eigenvalue weighted by atomic mass is 127. The van der Waals surface area contributed by atoms with E-state index in [-0.39, 0.29) is 6.04 Å². The average Bonchev–Trinajstić information content (AvgIpc) is 2.86. The normalized spacial score (nSPS) is 12.6. The molecule has 0 aliphatic carbocycles. The number of aromatic nitrogens is 3. The predicted octanol–water partition coefficient (Wildman–Crippen LogP) is 2.99. The van der Waals surface area contributed by atoms with Crippen LogP contribution in [0.15, 0.2) is 30.5 Å². The Morgan fingerprint density at radius 1 is 1.32 bits per heavy atom. The second kappa shape index (κ2) is 7.00. The topological polar surface area (TPSA) is 42.7 Å². The van der Waals surface area contributed by atoms with Crippen LogP contribution < -0.4 is 5.32 Å². The number of nitrogens with one attached hydrogen (secondary N) is 1. The summed E-state index contributed by atoms with van der Waals surface area (Å²) in [6, 6.07) is 8.60. The van der Waals surface area contributed by atoms with E-state index in [1.807, 2.05) is 10.9 Å². The van der Waals surface area contributed by atoms with E-state index in [4.69, 9.17) is 0 Å². The van der Waals surface area contributed by atoms with Gasteiger partial charge in [0.2, 0.25) is 0 Å². The van der Waals surface area contributed by atoms with E-state index in [1.165, 1.54) is 9.13 Å². The largest absolute Gasteiger partial charge is 0.305 e. The third-order valence-corrected chi connectivity index (χ3v) is 3.99. The van der Waals surface area contributed by atoms with Crippen LogP contribution in [0.3, 0.4) is 0 Å². The van der Waals surface area contributed by atoms with Gasteiger partial charge in [-0.2, -0.15) is 0 Å². The summed E-state index contributed by atoms with van der Waals surface area (Å²) >= 11 is 2.38. The van der Waals surface area contributed by atoms with Crippen LogP contribution in [0.1, 0.15) is 37.6 Å². The minimum Gasteiger partial charge on any atom is -0.305 e. The Kier molecular flexibility index (Phi) is 5.33. The van der Waals surface area contributed by atoms with Crippen molar-refractivity contribution >= 4 is 22.6 Å². The molecule has 5 heteroatoms. The highest BCUT2D eigenvalue weighted by Gasteiger charge is 2.19. The van der Waals surface area contributed by atoms with Crippen LogP contribution in [0, 0.1) is 3.57 Å². The molecular formula is C14H19IN4. The fraction of sp³-hybridized carbons (Fsp3) is 0.429. The Hall–Kier alpha value is -0.950. The Labute approximate surface area is 127 Å². The van der Waals surface area contributed by atoms with Crippen molar-refractivity contribution in [1.29, 1.82) is 0 Å². The van der Waals surface area contributed by atoms with Gasteiger partial charge < -0.3 is 5.32 Å². The van der Waals surface area contributed by atoms with E-state index in [1.54, 1.807) is 0 Å². The minimum absolute atomic E-state index is 0.152. The number of nitrogens with zero attached hydrogens (tertiary/aromatic N) is 3. The molecule has 0 saturated heterocycles. The number of aryl methyl sites for hydroxylation is 1. The zero-order chi connectivity index (χ0) is 13.7. The van der Waals surface area contributed by atoms with E-state index in [2.05, 4.69) is 76.3 Å². The molecule has 1 unspecified atom stereocenters. The predicted molar refractivity (Wildman–Crippen MR) is 85.0 cm³/mol. The quantitative estimate of drug-likeness (QED) is 0.795. The molecular weight excluding hydrogens is 351 g/mol. The molecule has 0 aliphatic rings. The first-order chi connectivity index (χ1) is 9.27. The summed E-state index contributed by atoms with van der Waals surface area (Å²) in [5.41, 5.74) is 2.41. The van der Waals surface area contributed by atoms with Crippen LogP contribution >= 0.6 is 22.6 Å². The van der Waals surface area contributed by atoms with Crippen molar-refractivity contribution in [1.82, 2.24) is 20.3 Å². The summed E-state index contributed by atoms with van der Waals surface area (Å²) in [7, 11) is 0. The summed E-state index contributed by atoms with van der Waals surface area (Å²) in [5.74, 6) is 0. The molecule has 1 heterocycles. The molecule has 0 aliphatic heterocycles. The van der Waals surface area contributed by atoms with Crippen LogP contribution in [0.5, 0.6) is 0 Å².